The highest BCUT2D eigenvalue weighted by Gasteiger charge is 2.13. The topological polar surface area (TPSA) is 59.1 Å². The second-order valence-corrected chi connectivity index (χ2v) is 5.25. The number of Topliss-reactive ketones (excluding diaryl/α,β-unsaturated/α-hetero) is 1. The Kier molecular flexibility index (Phi) is 6.24. The predicted molar refractivity (Wildman–Crippen MR) is 90.7 cm³/mol. The minimum Gasteiger partial charge on any atom is -0.352 e. The highest BCUT2D eigenvalue weighted by molar-refractivity contribution is 6.21. The van der Waals surface area contributed by atoms with Gasteiger partial charge in [0.1, 0.15) is 0 Å². The second-order valence-electron chi connectivity index (χ2n) is 5.25. The number of carbonyl (C=O) groups is 2. The molecule has 0 atom stereocenters. The molecule has 0 fully saturated rings. The van der Waals surface area contributed by atoms with Crippen LogP contribution >= 0.6 is 0 Å². The number of rotatable bonds is 7. The van der Waals surface area contributed by atoms with Crippen LogP contribution in [0.15, 0.2) is 60.4 Å². The lowest BCUT2D eigenvalue weighted by atomic mass is 10.1. The normalized spacial score (nSPS) is 11.1. The van der Waals surface area contributed by atoms with E-state index in [1.165, 1.54) is 12.5 Å². The predicted octanol–water partition coefficient (Wildman–Crippen LogP) is 2.80. The monoisotopic (exact) mass is 308 g/mol. The molecule has 0 saturated carbocycles. The number of benzene rings is 1. The summed E-state index contributed by atoms with van der Waals surface area (Å²) in [6, 6.07) is 13.7. The van der Waals surface area contributed by atoms with Crippen LogP contribution < -0.4 is 5.32 Å². The van der Waals surface area contributed by atoms with Crippen LogP contribution in [0.25, 0.3) is 6.08 Å². The number of pyridine rings is 1. The number of aryl methyl sites for hydroxylation is 1. The number of hydrogen-bond acceptors (Lipinski definition) is 3. The summed E-state index contributed by atoms with van der Waals surface area (Å²) in [5, 5.41) is 2.81. The smallest absolute Gasteiger partial charge is 0.254 e. The summed E-state index contributed by atoms with van der Waals surface area (Å²) in [5.41, 5.74) is 2.12. The lowest BCUT2D eigenvalue weighted by Crippen LogP contribution is -2.28. The summed E-state index contributed by atoms with van der Waals surface area (Å²) in [7, 11) is 0. The third-order valence-corrected chi connectivity index (χ3v) is 3.39. The van der Waals surface area contributed by atoms with E-state index < -0.39 is 0 Å². The first kappa shape index (κ1) is 16.6. The van der Waals surface area contributed by atoms with Crippen LogP contribution in [-0.4, -0.2) is 23.2 Å². The molecule has 118 valence electrons. The Morgan fingerprint density at radius 3 is 2.57 bits per heavy atom. The van der Waals surface area contributed by atoms with Crippen molar-refractivity contribution >= 4 is 17.8 Å². The van der Waals surface area contributed by atoms with Crippen molar-refractivity contribution in [1.82, 2.24) is 10.3 Å². The number of hydrogen-bond donors (Lipinski definition) is 1. The van der Waals surface area contributed by atoms with E-state index in [1.54, 1.807) is 30.6 Å². The number of nitrogens with zero attached hydrogens (tertiary/aromatic N) is 1. The molecule has 23 heavy (non-hydrogen) atoms. The fraction of sp³-hybridized carbons (Fsp3) is 0.211. The Bertz CT molecular complexity index is 679. The SMILES string of the molecule is CC(=O)C(=Cc1cccnc1)C(=O)NCCCc1ccccc1. The summed E-state index contributed by atoms with van der Waals surface area (Å²) < 4.78 is 0. The highest BCUT2D eigenvalue weighted by Crippen LogP contribution is 2.07. The van der Waals surface area contributed by atoms with E-state index in [0.717, 1.165) is 18.4 Å². The second kappa shape index (κ2) is 8.63. The molecule has 0 aliphatic heterocycles. The van der Waals surface area contributed by atoms with Crippen LogP contribution in [0.1, 0.15) is 24.5 Å². The van der Waals surface area contributed by atoms with Gasteiger partial charge in [-0.05, 0) is 43.0 Å². The van der Waals surface area contributed by atoms with E-state index in [4.69, 9.17) is 0 Å². The molecule has 4 heteroatoms. The van der Waals surface area contributed by atoms with Gasteiger partial charge in [-0.1, -0.05) is 36.4 Å². The van der Waals surface area contributed by atoms with E-state index in [-0.39, 0.29) is 17.3 Å². The maximum Gasteiger partial charge on any atom is 0.254 e. The van der Waals surface area contributed by atoms with Gasteiger partial charge in [0.15, 0.2) is 5.78 Å². The summed E-state index contributed by atoms with van der Waals surface area (Å²) >= 11 is 0. The number of nitrogens with one attached hydrogen (secondary N) is 1. The molecule has 1 aromatic heterocycles. The average Bonchev–Trinajstić information content (AvgIpc) is 2.58. The number of aromatic nitrogens is 1. The van der Waals surface area contributed by atoms with Gasteiger partial charge >= 0.3 is 0 Å². The van der Waals surface area contributed by atoms with Gasteiger partial charge in [0.05, 0.1) is 5.57 Å². The van der Waals surface area contributed by atoms with Crippen LogP contribution in [0.5, 0.6) is 0 Å². The minimum atomic E-state index is -0.339. The van der Waals surface area contributed by atoms with E-state index in [1.807, 2.05) is 18.2 Å². The van der Waals surface area contributed by atoms with Crippen LogP contribution in [0, 0.1) is 0 Å². The molecule has 4 nitrogen and oxygen atoms in total. The van der Waals surface area contributed by atoms with E-state index in [2.05, 4.69) is 22.4 Å². The molecule has 1 aromatic carbocycles. The first-order valence-corrected chi connectivity index (χ1v) is 7.61. The molecule has 0 saturated heterocycles. The van der Waals surface area contributed by atoms with Crippen LogP contribution in [-0.2, 0) is 16.0 Å². The van der Waals surface area contributed by atoms with Crippen molar-refractivity contribution < 1.29 is 9.59 Å². The zero-order valence-corrected chi connectivity index (χ0v) is 13.2. The first-order chi connectivity index (χ1) is 11.2. The molecule has 2 aromatic rings. The molecule has 0 bridgehead atoms. The van der Waals surface area contributed by atoms with Crippen molar-refractivity contribution in [3.05, 3.63) is 71.6 Å². The van der Waals surface area contributed by atoms with Gasteiger partial charge in [0, 0.05) is 18.9 Å². The van der Waals surface area contributed by atoms with Crippen molar-refractivity contribution in [3.8, 4) is 0 Å². The zero-order chi connectivity index (χ0) is 16.5. The summed E-state index contributed by atoms with van der Waals surface area (Å²) in [6.07, 6.45) is 6.55. The molecule has 0 aliphatic rings. The molecule has 1 amide bonds. The van der Waals surface area contributed by atoms with E-state index in [9.17, 15) is 9.59 Å². The fourth-order valence-corrected chi connectivity index (χ4v) is 2.19. The standard InChI is InChI=1S/C19H20N2O2/c1-15(22)18(13-17-10-5-11-20-14-17)19(23)21-12-6-9-16-7-3-2-4-8-16/h2-5,7-8,10-11,13-14H,6,9,12H2,1H3,(H,21,23). The summed E-state index contributed by atoms with van der Waals surface area (Å²) in [6.45, 7) is 1.93. The molecular formula is C19H20N2O2. The third kappa shape index (κ3) is 5.51. The van der Waals surface area contributed by atoms with E-state index >= 15 is 0 Å². The van der Waals surface area contributed by atoms with Crippen molar-refractivity contribution in [2.45, 2.75) is 19.8 Å². The molecule has 0 unspecified atom stereocenters. The lowest BCUT2D eigenvalue weighted by molar-refractivity contribution is -0.121. The third-order valence-electron chi connectivity index (χ3n) is 3.39. The largest absolute Gasteiger partial charge is 0.352 e. The molecule has 2 rings (SSSR count). The van der Waals surface area contributed by atoms with E-state index in [0.29, 0.717) is 6.54 Å². The molecule has 1 N–H and O–H groups in total. The van der Waals surface area contributed by atoms with Crippen LogP contribution in [0.2, 0.25) is 0 Å². The quantitative estimate of drug-likeness (QED) is 0.370. The maximum atomic E-state index is 12.2. The fourth-order valence-electron chi connectivity index (χ4n) is 2.19. The lowest BCUT2D eigenvalue weighted by Gasteiger charge is -2.07. The molecule has 0 aliphatic carbocycles. The Morgan fingerprint density at radius 2 is 1.91 bits per heavy atom. The molecular weight excluding hydrogens is 288 g/mol. The number of carbonyl (C=O) groups excluding carboxylic acids is 2. The van der Waals surface area contributed by atoms with Crippen LogP contribution in [0.4, 0.5) is 0 Å². The average molecular weight is 308 g/mol. The van der Waals surface area contributed by atoms with Crippen molar-refractivity contribution in [2.24, 2.45) is 0 Å². The van der Waals surface area contributed by atoms with Gasteiger partial charge in [0.2, 0.25) is 0 Å². The Balaban J connectivity index is 1.89. The molecule has 0 radical (unpaired) electrons. The highest BCUT2D eigenvalue weighted by atomic mass is 16.2. The van der Waals surface area contributed by atoms with Gasteiger partial charge in [-0.3, -0.25) is 14.6 Å². The van der Waals surface area contributed by atoms with Crippen molar-refractivity contribution in [1.29, 1.82) is 0 Å². The maximum absolute atomic E-state index is 12.2. The summed E-state index contributed by atoms with van der Waals surface area (Å²) in [4.78, 5) is 27.9. The first-order valence-electron chi connectivity index (χ1n) is 7.61. The Morgan fingerprint density at radius 1 is 1.13 bits per heavy atom. The van der Waals surface area contributed by atoms with Crippen molar-refractivity contribution in [2.75, 3.05) is 6.54 Å². The van der Waals surface area contributed by atoms with Crippen molar-refractivity contribution in [3.63, 3.8) is 0 Å². The minimum absolute atomic E-state index is 0.151. The van der Waals surface area contributed by atoms with Gasteiger partial charge in [-0.15, -0.1) is 0 Å². The Hall–Kier alpha value is -2.75. The molecule has 1 heterocycles. The number of ketones is 1. The zero-order valence-electron chi connectivity index (χ0n) is 13.2. The van der Waals surface area contributed by atoms with Gasteiger partial charge in [0.25, 0.3) is 5.91 Å². The van der Waals surface area contributed by atoms with Gasteiger partial charge in [-0.2, -0.15) is 0 Å². The van der Waals surface area contributed by atoms with Gasteiger partial charge < -0.3 is 5.32 Å². The van der Waals surface area contributed by atoms with Gasteiger partial charge in [-0.25, -0.2) is 0 Å². The van der Waals surface area contributed by atoms with Crippen LogP contribution in [0.3, 0.4) is 0 Å². The number of amides is 1. The Labute approximate surface area is 136 Å². The summed E-state index contributed by atoms with van der Waals surface area (Å²) in [5.74, 6) is -0.594. The molecule has 0 spiro atoms.